The van der Waals surface area contributed by atoms with Gasteiger partial charge in [0.1, 0.15) is 0 Å². The van der Waals surface area contributed by atoms with Gasteiger partial charge in [-0.1, -0.05) is 13.8 Å². The van der Waals surface area contributed by atoms with Gasteiger partial charge in [0.15, 0.2) is 0 Å². The van der Waals surface area contributed by atoms with Crippen LogP contribution in [0.5, 0.6) is 0 Å². The van der Waals surface area contributed by atoms with Crippen LogP contribution in [0.15, 0.2) is 0 Å². The molecule has 0 bridgehead atoms. The highest BCUT2D eigenvalue weighted by molar-refractivity contribution is 7.30. The van der Waals surface area contributed by atoms with Gasteiger partial charge in [0, 0.05) is 12.8 Å². The molecule has 98 valence electrons. The first-order valence-electron chi connectivity index (χ1n) is 4.06. The summed E-state index contributed by atoms with van der Waals surface area (Å²) in [5.41, 5.74) is 0. The molecule has 0 aromatic carbocycles. The van der Waals surface area contributed by atoms with E-state index in [1.54, 1.807) is 13.8 Å². The van der Waals surface area contributed by atoms with Crippen molar-refractivity contribution in [2.24, 2.45) is 11.8 Å². The lowest BCUT2D eigenvalue weighted by Gasteiger charge is -1.85. The molecule has 0 unspecified atom stereocenters. The SMILES string of the molecule is CCC(=O)ON.CCC(=O)ON.O=[PH](O)O. The van der Waals surface area contributed by atoms with E-state index in [-0.39, 0.29) is 11.9 Å². The van der Waals surface area contributed by atoms with E-state index in [2.05, 4.69) is 21.5 Å². The van der Waals surface area contributed by atoms with Crippen LogP contribution >= 0.6 is 8.25 Å². The predicted molar refractivity (Wildman–Crippen MR) is 54.6 cm³/mol. The van der Waals surface area contributed by atoms with Crippen molar-refractivity contribution in [3.05, 3.63) is 0 Å². The Labute approximate surface area is 93.2 Å². The van der Waals surface area contributed by atoms with Crippen LogP contribution in [0.1, 0.15) is 26.7 Å². The smallest absolute Gasteiger partial charge is 0.324 e. The zero-order chi connectivity index (χ0) is 13.6. The molecule has 0 rings (SSSR count). The summed E-state index contributed by atoms with van der Waals surface area (Å²) in [5, 5.41) is 0. The highest BCUT2D eigenvalue weighted by Crippen LogP contribution is 1.98. The van der Waals surface area contributed by atoms with Crippen molar-refractivity contribution in [2.75, 3.05) is 0 Å². The first kappa shape index (κ1) is 20.4. The van der Waals surface area contributed by atoms with Gasteiger partial charge in [0.25, 0.3) is 0 Å². The molecule has 0 saturated carbocycles. The summed E-state index contributed by atoms with van der Waals surface area (Å²) in [5.74, 6) is 8.11. The Hall–Kier alpha value is -0.990. The average Bonchev–Trinajstić information content (AvgIpc) is 2.26. The zero-order valence-corrected chi connectivity index (χ0v) is 10.0. The van der Waals surface area contributed by atoms with Gasteiger partial charge in [-0.3, -0.25) is 14.2 Å². The Kier molecular flexibility index (Phi) is 21.0. The fourth-order valence-corrected chi connectivity index (χ4v) is 0.167. The number of rotatable bonds is 2. The van der Waals surface area contributed by atoms with Gasteiger partial charge in [0.2, 0.25) is 0 Å². The minimum atomic E-state index is -3.13. The first-order chi connectivity index (χ1) is 7.35. The van der Waals surface area contributed by atoms with Crippen molar-refractivity contribution in [1.82, 2.24) is 0 Å². The van der Waals surface area contributed by atoms with Gasteiger partial charge in [-0.15, -0.1) is 0 Å². The summed E-state index contributed by atoms with van der Waals surface area (Å²) in [6.07, 6.45) is 0.688. The van der Waals surface area contributed by atoms with Crippen molar-refractivity contribution in [3.63, 3.8) is 0 Å². The highest BCUT2D eigenvalue weighted by Gasteiger charge is 1.89. The quantitative estimate of drug-likeness (QED) is 0.359. The van der Waals surface area contributed by atoms with Crippen molar-refractivity contribution in [1.29, 1.82) is 0 Å². The fraction of sp³-hybridized carbons (Fsp3) is 0.667. The lowest BCUT2D eigenvalue weighted by molar-refractivity contribution is -0.144. The summed E-state index contributed by atoms with van der Waals surface area (Å²) in [6.45, 7) is 3.35. The van der Waals surface area contributed by atoms with Gasteiger partial charge in [-0.2, -0.15) is 11.8 Å². The van der Waals surface area contributed by atoms with Crippen molar-refractivity contribution < 1.29 is 33.6 Å². The molecule has 9 nitrogen and oxygen atoms in total. The molecule has 0 aliphatic carbocycles. The van der Waals surface area contributed by atoms with Gasteiger partial charge < -0.3 is 19.5 Å². The third kappa shape index (κ3) is 38.2. The summed E-state index contributed by atoms with van der Waals surface area (Å²) in [4.78, 5) is 41.5. The van der Waals surface area contributed by atoms with Crippen LogP contribution in [0.4, 0.5) is 0 Å². The summed E-state index contributed by atoms with van der Waals surface area (Å²) >= 11 is 0. The second kappa shape index (κ2) is 16.4. The normalized spacial score (nSPS) is 7.94. The van der Waals surface area contributed by atoms with Gasteiger partial charge >= 0.3 is 20.2 Å². The maximum atomic E-state index is 9.83. The topological polar surface area (TPSA) is 162 Å². The molecule has 16 heavy (non-hydrogen) atoms. The molecule has 0 atom stereocenters. The molecule has 0 amide bonds. The lowest BCUT2D eigenvalue weighted by Crippen LogP contribution is -2.07. The number of hydrogen-bond acceptors (Lipinski definition) is 7. The van der Waals surface area contributed by atoms with E-state index in [1.165, 1.54) is 0 Å². The molecule has 0 aromatic heterocycles. The third-order valence-electron chi connectivity index (χ3n) is 0.840. The van der Waals surface area contributed by atoms with Gasteiger partial charge in [-0.05, 0) is 0 Å². The van der Waals surface area contributed by atoms with Crippen LogP contribution in [-0.4, -0.2) is 21.7 Å². The number of carbonyl (C=O) groups excluding carboxylic acids is 2. The molecule has 0 spiro atoms. The molecular weight excluding hydrogens is 243 g/mol. The van der Waals surface area contributed by atoms with Crippen LogP contribution in [0.3, 0.4) is 0 Å². The van der Waals surface area contributed by atoms with Crippen LogP contribution in [0.25, 0.3) is 0 Å². The third-order valence-corrected chi connectivity index (χ3v) is 0.840. The fourth-order valence-electron chi connectivity index (χ4n) is 0.167. The Bertz CT molecular complexity index is 179. The second-order valence-electron chi connectivity index (χ2n) is 1.97. The maximum Gasteiger partial charge on any atom is 0.324 e. The standard InChI is InChI=1S/2C3H7NO2.H3O3P/c2*1-2-3(5)6-4;1-4(2)3/h2*2,4H2,1H3;4H,(H2,1,2,3). The molecule has 0 aliphatic heterocycles. The molecule has 0 aromatic rings. The highest BCUT2D eigenvalue weighted by atomic mass is 31.1. The number of carbonyl (C=O) groups is 2. The van der Waals surface area contributed by atoms with Crippen molar-refractivity contribution >= 4 is 20.2 Å². The molecule has 6 N–H and O–H groups in total. The Balaban J connectivity index is -0.000000162. The van der Waals surface area contributed by atoms with E-state index < -0.39 is 8.25 Å². The molecule has 0 saturated heterocycles. The average molecular weight is 260 g/mol. The van der Waals surface area contributed by atoms with E-state index >= 15 is 0 Å². The summed E-state index contributed by atoms with van der Waals surface area (Å²) in [6, 6.07) is 0. The Morgan fingerprint density at radius 3 is 1.25 bits per heavy atom. The van der Waals surface area contributed by atoms with E-state index in [1.807, 2.05) is 0 Å². The summed E-state index contributed by atoms with van der Waals surface area (Å²) in [7, 11) is -3.13. The Morgan fingerprint density at radius 2 is 1.25 bits per heavy atom. The largest absolute Gasteiger partial charge is 0.373 e. The maximum absolute atomic E-state index is 9.83. The Morgan fingerprint density at radius 1 is 1.06 bits per heavy atom. The molecule has 10 heteroatoms. The van der Waals surface area contributed by atoms with Gasteiger partial charge in [0.05, 0.1) is 0 Å². The molecule has 0 fully saturated rings. The molecule has 0 radical (unpaired) electrons. The predicted octanol–water partition coefficient (Wildman–Crippen LogP) is -1.01. The second-order valence-corrected chi connectivity index (χ2v) is 2.53. The monoisotopic (exact) mass is 260 g/mol. The number of hydrogen-bond donors (Lipinski definition) is 4. The molecule has 0 heterocycles. The van der Waals surface area contributed by atoms with Crippen LogP contribution in [0, 0.1) is 0 Å². The van der Waals surface area contributed by atoms with E-state index in [0.29, 0.717) is 12.8 Å². The van der Waals surface area contributed by atoms with E-state index in [9.17, 15) is 9.59 Å². The molecular formula is C6H17N2O7P. The minimum Gasteiger partial charge on any atom is -0.373 e. The van der Waals surface area contributed by atoms with Crippen LogP contribution < -0.4 is 11.8 Å². The van der Waals surface area contributed by atoms with Crippen LogP contribution in [0.2, 0.25) is 0 Å². The van der Waals surface area contributed by atoms with E-state index in [4.69, 9.17) is 14.4 Å². The van der Waals surface area contributed by atoms with Crippen LogP contribution in [-0.2, 0) is 23.8 Å². The number of nitrogens with two attached hydrogens (primary N) is 2. The van der Waals surface area contributed by atoms with Gasteiger partial charge in [-0.25, -0.2) is 0 Å². The van der Waals surface area contributed by atoms with Crippen molar-refractivity contribution in [2.45, 2.75) is 26.7 Å². The lowest BCUT2D eigenvalue weighted by atomic mass is 10.5. The molecule has 0 aliphatic rings. The van der Waals surface area contributed by atoms with Crippen molar-refractivity contribution in [3.8, 4) is 0 Å². The van der Waals surface area contributed by atoms with E-state index in [0.717, 1.165) is 0 Å². The minimum absolute atomic E-state index is 0.344. The first-order valence-corrected chi connectivity index (χ1v) is 5.36. The zero-order valence-electron chi connectivity index (χ0n) is 9.00. The summed E-state index contributed by atoms with van der Waals surface area (Å²) < 4.78 is 8.74.